The van der Waals surface area contributed by atoms with Gasteiger partial charge in [0, 0.05) is 28.5 Å². The molecular weight excluding hydrogens is 384 g/mol. The first kappa shape index (κ1) is 17.6. The third-order valence-corrected chi connectivity index (χ3v) is 6.27. The smallest absolute Gasteiger partial charge is 0.380 e. The highest BCUT2D eigenvalue weighted by Crippen LogP contribution is 2.70. The predicted molar refractivity (Wildman–Crippen MR) is 90.3 cm³/mol. The first-order valence-electron chi connectivity index (χ1n) is 8.56. The second-order valence-corrected chi connectivity index (χ2v) is 7.60. The summed E-state index contributed by atoms with van der Waals surface area (Å²) < 4.78 is 94.1. The Morgan fingerprint density at radius 3 is 2.21 bits per heavy atom. The van der Waals surface area contributed by atoms with Crippen molar-refractivity contribution < 1.29 is 31.1 Å². The van der Waals surface area contributed by atoms with E-state index in [4.69, 9.17) is 4.74 Å². The number of nitrogens with zero attached hydrogens (tertiary/aromatic N) is 1. The molecule has 0 radical (unpaired) electrons. The van der Waals surface area contributed by atoms with Gasteiger partial charge < -0.3 is 4.74 Å². The van der Waals surface area contributed by atoms with E-state index in [9.17, 15) is 26.3 Å². The van der Waals surface area contributed by atoms with Gasteiger partial charge in [0.1, 0.15) is 11.3 Å². The van der Waals surface area contributed by atoms with Crippen molar-refractivity contribution in [1.29, 1.82) is 0 Å². The second kappa shape index (κ2) is 4.55. The molecule has 2 aliphatic heterocycles. The van der Waals surface area contributed by atoms with Gasteiger partial charge in [-0.2, -0.15) is 26.3 Å². The Morgan fingerprint density at radius 2 is 1.50 bits per heavy atom. The van der Waals surface area contributed by atoms with Crippen molar-refractivity contribution in [3.8, 4) is 5.75 Å². The first-order chi connectivity index (χ1) is 12.9. The molecule has 2 nitrogen and oxygen atoms in total. The third kappa shape index (κ3) is 1.52. The predicted octanol–water partition coefficient (Wildman–Crippen LogP) is 5.22. The van der Waals surface area contributed by atoms with Gasteiger partial charge in [0.05, 0.1) is 0 Å². The number of allylic oxidation sites excluding steroid dienone is 3. The summed E-state index contributed by atoms with van der Waals surface area (Å²) in [6.45, 7) is 2.86. The standard InChI is InChI=1S/C20H13F6NO/c1-16-11(7-5-9-27-16)14-15(19(23,24)20(25,26)18(14,21)22)13-10-6-3-4-8-12(10)28-17(13,16)2/h3-9H,1-2H3. The first-order valence-corrected chi connectivity index (χ1v) is 8.56. The lowest BCUT2D eigenvalue weighted by Gasteiger charge is -2.47. The molecule has 0 spiro atoms. The van der Waals surface area contributed by atoms with E-state index < -0.39 is 40.1 Å². The van der Waals surface area contributed by atoms with Gasteiger partial charge in [-0.3, -0.25) is 4.99 Å². The van der Waals surface area contributed by atoms with E-state index >= 15 is 0 Å². The van der Waals surface area contributed by atoms with Gasteiger partial charge in [0.15, 0.2) is 5.60 Å². The number of hydrogen-bond acceptors (Lipinski definition) is 2. The highest BCUT2D eigenvalue weighted by atomic mass is 19.3. The van der Waals surface area contributed by atoms with E-state index in [-0.39, 0.29) is 22.5 Å². The van der Waals surface area contributed by atoms with Gasteiger partial charge in [0.25, 0.3) is 0 Å². The molecule has 146 valence electrons. The van der Waals surface area contributed by atoms with Crippen LogP contribution in [0.25, 0.3) is 5.57 Å². The van der Waals surface area contributed by atoms with Crippen molar-refractivity contribution >= 4 is 11.8 Å². The minimum absolute atomic E-state index is 0.0932. The molecule has 2 aliphatic carbocycles. The molecule has 1 saturated carbocycles. The molecule has 2 atom stereocenters. The molecule has 0 bridgehead atoms. The lowest BCUT2D eigenvalue weighted by Crippen LogP contribution is -2.56. The Kier molecular flexibility index (Phi) is 2.86. The van der Waals surface area contributed by atoms with Crippen LogP contribution in [0.4, 0.5) is 26.3 Å². The summed E-state index contributed by atoms with van der Waals surface area (Å²) in [4.78, 5) is 4.25. The molecule has 1 fully saturated rings. The summed E-state index contributed by atoms with van der Waals surface area (Å²) in [6, 6.07) is 5.99. The lowest BCUT2D eigenvalue weighted by atomic mass is 9.63. The van der Waals surface area contributed by atoms with Crippen LogP contribution >= 0.6 is 0 Å². The fourth-order valence-corrected chi connectivity index (χ4v) is 4.69. The molecule has 4 aliphatic rings. The van der Waals surface area contributed by atoms with Crippen LogP contribution in [-0.2, 0) is 0 Å². The van der Waals surface area contributed by atoms with Gasteiger partial charge in [-0.05, 0) is 31.6 Å². The highest BCUT2D eigenvalue weighted by Gasteiger charge is 2.84. The van der Waals surface area contributed by atoms with Crippen molar-refractivity contribution in [3.63, 3.8) is 0 Å². The quantitative estimate of drug-likeness (QED) is 0.550. The number of benzene rings is 1. The average Bonchev–Trinajstić information content (AvgIpc) is 2.98. The van der Waals surface area contributed by atoms with E-state index in [1.807, 2.05) is 0 Å². The van der Waals surface area contributed by atoms with Crippen LogP contribution in [0, 0.1) is 0 Å². The van der Waals surface area contributed by atoms with Crippen LogP contribution in [0.5, 0.6) is 5.75 Å². The number of ether oxygens (including phenoxy) is 1. The Morgan fingerprint density at radius 1 is 0.857 bits per heavy atom. The molecule has 2 heterocycles. The summed E-state index contributed by atoms with van der Waals surface area (Å²) in [5, 5.41) is 0. The zero-order valence-electron chi connectivity index (χ0n) is 14.7. The van der Waals surface area contributed by atoms with Crippen molar-refractivity contribution in [2.75, 3.05) is 0 Å². The van der Waals surface area contributed by atoms with Crippen molar-refractivity contribution in [3.05, 3.63) is 58.7 Å². The van der Waals surface area contributed by atoms with Crippen molar-refractivity contribution in [2.45, 2.75) is 42.8 Å². The maximum atomic E-state index is 14.9. The fourth-order valence-electron chi connectivity index (χ4n) is 4.69. The number of halogens is 6. The molecule has 8 heteroatoms. The minimum atomic E-state index is -5.58. The lowest BCUT2D eigenvalue weighted by molar-refractivity contribution is -0.257. The summed E-state index contributed by atoms with van der Waals surface area (Å²) >= 11 is 0. The van der Waals surface area contributed by atoms with E-state index in [1.165, 1.54) is 44.3 Å². The van der Waals surface area contributed by atoms with Crippen LogP contribution in [0.1, 0.15) is 19.4 Å². The zero-order chi connectivity index (χ0) is 20.3. The van der Waals surface area contributed by atoms with Gasteiger partial charge in [-0.1, -0.05) is 24.3 Å². The monoisotopic (exact) mass is 397 g/mol. The number of para-hydroxylation sites is 1. The number of hydrogen-bond donors (Lipinski definition) is 0. The van der Waals surface area contributed by atoms with Crippen molar-refractivity contribution in [2.24, 2.45) is 4.99 Å². The van der Waals surface area contributed by atoms with Gasteiger partial charge >= 0.3 is 17.8 Å². The number of alkyl halides is 6. The molecule has 28 heavy (non-hydrogen) atoms. The Hall–Kier alpha value is -2.51. The molecule has 2 unspecified atom stereocenters. The molecular formula is C20H13F6NO. The van der Waals surface area contributed by atoms with E-state index in [2.05, 4.69) is 4.99 Å². The van der Waals surface area contributed by atoms with Crippen LogP contribution in [-0.4, -0.2) is 35.1 Å². The van der Waals surface area contributed by atoms with E-state index in [0.717, 1.165) is 6.08 Å². The molecule has 5 rings (SSSR count). The van der Waals surface area contributed by atoms with Gasteiger partial charge in [-0.15, -0.1) is 0 Å². The Bertz CT molecular complexity index is 1070. The van der Waals surface area contributed by atoms with Crippen LogP contribution in [0.2, 0.25) is 0 Å². The molecule has 0 N–H and O–H groups in total. The minimum Gasteiger partial charge on any atom is -0.479 e. The topological polar surface area (TPSA) is 21.6 Å². The Labute approximate surface area is 155 Å². The number of fused-ring (bicyclic) bond motifs is 6. The number of rotatable bonds is 0. The largest absolute Gasteiger partial charge is 0.479 e. The van der Waals surface area contributed by atoms with Crippen LogP contribution in [0.15, 0.2) is 58.1 Å². The normalized spacial score (nSPS) is 35.3. The summed E-state index contributed by atoms with van der Waals surface area (Å²) in [7, 11) is 0. The van der Waals surface area contributed by atoms with Gasteiger partial charge in [-0.25, -0.2) is 0 Å². The molecule has 0 aromatic heterocycles. The van der Waals surface area contributed by atoms with Crippen molar-refractivity contribution in [1.82, 2.24) is 0 Å². The molecule has 0 amide bonds. The van der Waals surface area contributed by atoms with Gasteiger partial charge in [0.2, 0.25) is 0 Å². The number of aliphatic imine (C=N–C) groups is 1. The molecule has 1 aromatic carbocycles. The summed E-state index contributed by atoms with van der Waals surface area (Å²) in [5.41, 5.74) is -6.61. The highest BCUT2D eigenvalue weighted by molar-refractivity contribution is 5.93. The SMILES string of the molecule is CC12N=CC=CC1=C1C(=C3c4ccccc4OC32C)C(F)(F)C(F)(F)C1(F)F. The Balaban J connectivity index is 2.02. The average molecular weight is 397 g/mol. The van der Waals surface area contributed by atoms with E-state index in [0.29, 0.717) is 0 Å². The molecule has 0 saturated heterocycles. The zero-order valence-corrected chi connectivity index (χ0v) is 14.7. The number of dihydropyridines is 1. The molecule has 1 aromatic rings. The third-order valence-electron chi connectivity index (χ3n) is 6.27. The van der Waals surface area contributed by atoms with Crippen LogP contribution < -0.4 is 4.74 Å². The fraction of sp³-hybridized carbons (Fsp3) is 0.350. The summed E-state index contributed by atoms with van der Waals surface area (Å²) in [6.07, 6.45) is 3.73. The second-order valence-electron chi connectivity index (χ2n) is 7.60. The summed E-state index contributed by atoms with van der Waals surface area (Å²) in [5.74, 6) is -15.6. The van der Waals surface area contributed by atoms with Crippen LogP contribution in [0.3, 0.4) is 0 Å². The maximum Gasteiger partial charge on any atom is 0.380 e. The van der Waals surface area contributed by atoms with E-state index in [1.54, 1.807) is 6.07 Å². The maximum absolute atomic E-state index is 14.9.